The number of hydrogen-bond donors (Lipinski definition) is 1. The second-order valence-electron chi connectivity index (χ2n) is 7.97. The summed E-state index contributed by atoms with van der Waals surface area (Å²) in [5, 5.41) is 9.26. The fraction of sp³-hybridized carbons (Fsp3) is 0.938. The average molecular weight is 252 g/mol. The van der Waals surface area contributed by atoms with Crippen molar-refractivity contribution in [1.82, 2.24) is 0 Å². The Bertz CT molecular complexity index is 350. The Morgan fingerprint density at radius 1 is 1.22 bits per heavy atom. The van der Waals surface area contributed by atoms with Gasteiger partial charge in [-0.15, -0.1) is 0 Å². The van der Waals surface area contributed by atoms with Gasteiger partial charge in [0.25, 0.3) is 0 Å². The van der Waals surface area contributed by atoms with Crippen LogP contribution in [0, 0.1) is 28.1 Å². The molecule has 2 atom stereocenters. The highest BCUT2D eigenvalue weighted by Crippen LogP contribution is 2.64. The lowest BCUT2D eigenvalue weighted by Gasteiger charge is -2.41. The van der Waals surface area contributed by atoms with E-state index in [1.165, 1.54) is 12.8 Å². The molecule has 0 aromatic rings. The van der Waals surface area contributed by atoms with Gasteiger partial charge in [0.05, 0.1) is 5.92 Å². The second-order valence-corrected chi connectivity index (χ2v) is 7.97. The van der Waals surface area contributed by atoms with E-state index in [4.69, 9.17) is 0 Å². The van der Waals surface area contributed by atoms with E-state index in [-0.39, 0.29) is 11.3 Å². The van der Waals surface area contributed by atoms with Gasteiger partial charge in [0.2, 0.25) is 0 Å². The predicted octanol–water partition coefficient (Wildman–Crippen LogP) is 4.34. The highest BCUT2D eigenvalue weighted by Gasteiger charge is 2.56. The summed E-state index contributed by atoms with van der Waals surface area (Å²) in [5.41, 5.74) is 0.842. The van der Waals surface area contributed by atoms with Crippen LogP contribution in [0.2, 0.25) is 0 Å². The normalized spacial score (nSPS) is 33.1. The highest BCUT2D eigenvalue weighted by molar-refractivity contribution is 5.71. The summed E-state index contributed by atoms with van der Waals surface area (Å²) >= 11 is 0. The molecule has 0 amide bonds. The van der Waals surface area contributed by atoms with Gasteiger partial charge in [-0.1, -0.05) is 34.6 Å². The van der Waals surface area contributed by atoms with Gasteiger partial charge >= 0.3 is 5.97 Å². The Hall–Kier alpha value is -0.530. The topological polar surface area (TPSA) is 37.3 Å². The summed E-state index contributed by atoms with van der Waals surface area (Å²) in [6, 6.07) is 0. The van der Waals surface area contributed by atoms with E-state index in [0.29, 0.717) is 16.7 Å². The quantitative estimate of drug-likeness (QED) is 0.808. The van der Waals surface area contributed by atoms with Crippen LogP contribution < -0.4 is 0 Å². The molecule has 0 aromatic carbocycles. The second kappa shape index (κ2) is 3.98. The Labute approximate surface area is 111 Å². The van der Waals surface area contributed by atoms with Gasteiger partial charge in [0, 0.05) is 0 Å². The van der Waals surface area contributed by atoms with Crippen molar-refractivity contribution in [2.24, 2.45) is 28.1 Å². The molecule has 2 aliphatic rings. The van der Waals surface area contributed by atoms with Crippen molar-refractivity contribution in [2.45, 2.75) is 66.7 Å². The van der Waals surface area contributed by atoms with Crippen LogP contribution in [0.25, 0.3) is 0 Å². The van der Waals surface area contributed by atoms with Crippen molar-refractivity contribution in [3.63, 3.8) is 0 Å². The minimum atomic E-state index is -0.609. The fourth-order valence-electron chi connectivity index (χ4n) is 3.86. The Balaban J connectivity index is 2.10. The minimum absolute atomic E-state index is 0.119. The molecule has 0 aliphatic heterocycles. The lowest BCUT2D eigenvalue weighted by Crippen LogP contribution is -2.34. The zero-order valence-electron chi connectivity index (χ0n) is 12.5. The molecule has 18 heavy (non-hydrogen) atoms. The van der Waals surface area contributed by atoms with E-state index < -0.39 is 5.97 Å². The Morgan fingerprint density at radius 3 is 2.11 bits per heavy atom. The maximum atomic E-state index is 11.2. The van der Waals surface area contributed by atoms with E-state index in [0.717, 1.165) is 19.3 Å². The van der Waals surface area contributed by atoms with Crippen LogP contribution in [0.3, 0.4) is 0 Å². The van der Waals surface area contributed by atoms with E-state index in [2.05, 4.69) is 27.7 Å². The third-order valence-electron chi connectivity index (χ3n) is 6.72. The summed E-state index contributed by atoms with van der Waals surface area (Å²) in [5.74, 6) is -0.0867. The monoisotopic (exact) mass is 252 g/mol. The van der Waals surface area contributed by atoms with Crippen LogP contribution in [-0.4, -0.2) is 11.1 Å². The van der Waals surface area contributed by atoms with Crippen LogP contribution in [-0.2, 0) is 4.79 Å². The standard InChI is InChI=1S/C16H28O2/c1-11(13(17)18)16(8-9-16)10-12-6-7-14(2,3)15(12,4)5/h11-12H,6-10H2,1-5H3,(H,17,18). The molecule has 2 saturated carbocycles. The molecular weight excluding hydrogens is 224 g/mol. The molecule has 0 bridgehead atoms. The first-order valence-corrected chi connectivity index (χ1v) is 7.35. The predicted molar refractivity (Wildman–Crippen MR) is 73.4 cm³/mol. The summed E-state index contributed by atoms with van der Waals surface area (Å²) < 4.78 is 0. The van der Waals surface area contributed by atoms with E-state index in [9.17, 15) is 9.90 Å². The molecule has 0 radical (unpaired) electrons. The van der Waals surface area contributed by atoms with Gasteiger partial charge in [0.15, 0.2) is 0 Å². The molecule has 0 heterocycles. The molecule has 2 aliphatic carbocycles. The average Bonchev–Trinajstić information content (AvgIpc) is 2.99. The van der Waals surface area contributed by atoms with Crippen molar-refractivity contribution in [1.29, 1.82) is 0 Å². The van der Waals surface area contributed by atoms with Gasteiger partial charge in [-0.05, 0) is 54.3 Å². The maximum absolute atomic E-state index is 11.2. The van der Waals surface area contributed by atoms with Gasteiger partial charge in [-0.3, -0.25) is 4.79 Å². The zero-order valence-corrected chi connectivity index (χ0v) is 12.5. The first-order valence-electron chi connectivity index (χ1n) is 7.35. The van der Waals surface area contributed by atoms with Gasteiger partial charge in [0.1, 0.15) is 0 Å². The summed E-state index contributed by atoms with van der Waals surface area (Å²) in [4.78, 5) is 11.2. The van der Waals surface area contributed by atoms with Gasteiger partial charge < -0.3 is 5.11 Å². The summed E-state index contributed by atoms with van der Waals surface area (Å²) in [6.07, 6.45) is 5.91. The van der Waals surface area contributed by atoms with Crippen LogP contribution in [0.15, 0.2) is 0 Å². The Morgan fingerprint density at radius 2 is 1.78 bits per heavy atom. The van der Waals surface area contributed by atoms with Crippen LogP contribution in [0.4, 0.5) is 0 Å². The fourth-order valence-corrected chi connectivity index (χ4v) is 3.86. The molecular formula is C16H28O2. The highest BCUT2D eigenvalue weighted by atomic mass is 16.4. The maximum Gasteiger partial charge on any atom is 0.306 e. The number of hydrogen-bond acceptors (Lipinski definition) is 1. The first-order chi connectivity index (χ1) is 8.12. The minimum Gasteiger partial charge on any atom is -0.481 e. The molecule has 2 unspecified atom stereocenters. The summed E-state index contributed by atoms with van der Waals surface area (Å²) in [6.45, 7) is 11.4. The lowest BCUT2D eigenvalue weighted by molar-refractivity contribution is -0.144. The molecule has 2 nitrogen and oxygen atoms in total. The van der Waals surface area contributed by atoms with Gasteiger partial charge in [-0.25, -0.2) is 0 Å². The number of rotatable bonds is 4. The molecule has 0 aromatic heterocycles. The lowest BCUT2D eigenvalue weighted by atomic mass is 9.64. The van der Waals surface area contributed by atoms with Crippen molar-refractivity contribution in [2.75, 3.05) is 0 Å². The van der Waals surface area contributed by atoms with E-state index in [1.54, 1.807) is 0 Å². The molecule has 0 spiro atoms. The third-order valence-corrected chi connectivity index (χ3v) is 6.72. The number of carboxylic acids is 1. The van der Waals surface area contributed by atoms with Crippen LogP contribution >= 0.6 is 0 Å². The zero-order chi connectivity index (χ0) is 13.8. The molecule has 2 fully saturated rings. The van der Waals surface area contributed by atoms with Gasteiger partial charge in [-0.2, -0.15) is 0 Å². The van der Waals surface area contributed by atoms with Crippen molar-refractivity contribution in [3.8, 4) is 0 Å². The number of aliphatic carboxylic acids is 1. The smallest absolute Gasteiger partial charge is 0.306 e. The largest absolute Gasteiger partial charge is 0.481 e. The first kappa shape index (κ1) is 13.9. The molecule has 0 saturated heterocycles. The van der Waals surface area contributed by atoms with E-state index in [1.807, 2.05) is 6.92 Å². The molecule has 104 valence electrons. The molecule has 1 N–H and O–H groups in total. The number of carboxylic acid groups (broad SMARTS) is 1. The molecule has 2 heteroatoms. The molecule has 2 rings (SSSR count). The third kappa shape index (κ3) is 1.98. The van der Waals surface area contributed by atoms with Crippen molar-refractivity contribution in [3.05, 3.63) is 0 Å². The van der Waals surface area contributed by atoms with Crippen molar-refractivity contribution >= 4 is 5.97 Å². The summed E-state index contributed by atoms with van der Waals surface area (Å²) in [7, 11) is 0. The Kier molecular flexibility index (Phi) is 3.07. The van der Waals surface area contributed by atoms with Crippen molar-refractivity contribution < 1.29 is 9.90 Å². The van der Waals surface area contributed by atoms with Crippen LogP contribution in [0.1, 0.15) is 66.7 Å². The SMILES string of the molecule is CC(C(=O)O)C1(CC2CCC(C)(C)C2(C)C)CC1. The number of carbonyl (C=O) groups is 1. The van der Waals surface area contributed by atoms with Crippen LogP contribution in [0.5, 0.6) is 0 Å². The van der Waals surface area contributed by atoms with E-state index >= 15 is 0 Å².